The van der Waals surface area contributed by atoms with E-state index in [1.165, 1.54) is 19.1 Å². The van der Waals surface area contributed by atoms with Crippen LogP contribution in [0.3, 0.4) is 0 Å². The normalized spacial score (nSPS) is 14.0. The second-order valence-corrected chi connectivity index (χ2v) is 8.42. The zero-order chi connectivity index (χ0) is 18.8. The number of hydrogen-bond acceptors (Lipinski definition) is 3. The Kier molecular flexibility index (Phi) is 4.94. The summed E-state index contributed by atoms with van der Waals surface area (Å²) in [6, 6.07) is 21.5. The number of sulfone groups is 1. The van der Waals surface area contributed by atoms with Gasteiger partial charge in [0.2, 0.25) is 0 Å². The van der Waals surface area contributed by atoms with Gasteiger partial charge in [0.05, 0.1) is 10.6 Å². The molecular formula is C21H19FO3S. The molecule has 0 fully saturated rings. The van der Waals surface area contributed by atoms with Crippen LogP contribution in [0.15, 0.2) is 83.8 Å². The molecular weight excluding hydrogens is 351 g/mol. The Morgan fingerprint density at radius 3 is 1.96 bits per heavy atom. The van der Waals surface area contributed by atoms with Gasteiger partial charge in [0.1, 0.15) is 11.4 Å². The van der Waals surface area contributed by atoms with Crippen LogP contribution in [0.5, 0.6) is 0 Å². The Labute approximate surface area is 152 Å². The quantitative estimate of drug-likeness (QED) is 0.686. The summed E-state index contributed by atoms with van der Waals surface area (Å²) in [5.41, 5.74) is 0.953. The summed E-state index contributed by atoms with van der Waals surface area (Å²) in [6.07, 6.45) is 0. The number of hydrogen-bond donors (Lipinski definition) is 1. The van der Waals surface area contributed by atoms with E-state index in [1.54, 1.807) is 12.1 Å². The summed E-state index contributed by atoms with van der Waals surface area (Å²) in [5, 5.41) is 10.7. The van der Waals surface area contributed by atoms with Gasteiger partial charge in [-0.1, -0.05) is 54.6 Å². The first kappa shape index (κ1) is 18.3. The molecule has 26 heavy (non-hydrogen) atoms. The first-order valence-corrected chi connectivity index (χ1v) is 9.80. The van der Waals surface area contributed by atoms with E-state index < -0.39 is 27.0 Å². The molecule has 1 unspecified atom stereocenters. The molecule has 1 N–H and O–H groups in total. The van der Waals surface area contributed by atoms with Crippen LogP contribution >= 0.6 is 0 Å². The lowest BCUT2D eigenvalue weighted by atomic mass is 9.95. The van der Waals surface area contributed by atoms with E-state index in [9.17, 15) is 17.9 Å². The van der Waals surface area contributed by atoms with Gasteiger partial charge in [0.15, 0.2) is 9.84 Å². The minimum atomic E-state index is -3.76. The highest BCUT2D eigenvalue weighted by Gasteiger charge is 2.31. The highest BCUT2D eigenvalue weighted by atomic mass is 32.2. The average molecular weight is 370 g/mol. The van der Waals surface area contributed by atoms with Gasteiger partial charge >= 0.3 is 0 Å². The van der Waals surface area contributed by atoms with Gasteiger partial charge in [-0.15, -0.1) is 0 Å². The Balaban J connectivity index is 1.84. The molecule has 3 aromatic carbocycles. The number of rotatable bonds is 5. The third-order valence-electron chi connectivity index (χ3n) is 4.26. The van der Waals surface area contributed by atoms with E-state index in [1.807, 2.05) is 42.5 Å². The second-order valence-electron chi connectivity index (χ2n) is 6.43. The lowest BCUT2D eigenvalue weighted by Gasteiger charge is -2.24. The van der Waals surface area contributed by atoms with Crippen LogP contribution in [0.1, 0.15) is 12.5 Å². The molecule has 0 aliphatic heterocycles. The molecule has 3 nitrogen and oxygen atoms in total. The zero-order valence-corrected chi connectivity index (χ0v) is 15.1. The largest absolute Gasteiger partial charge is 0.384 e. The molecule has 0 heterocycles. The van der Waals surface area contributed by atoms with Crippen molar-refractivity contribution in [3.05, 3.63) is 90.2 Å². The predicted octanol–water partition coefficient (Wildman–Crippen LogP) is 4.17. The fraction of sp³-hybridized carbons (Fsp3) is 0.143. The van der Waals surface area contributed by atoms with E-state index in [0.717, 1.165) is 23.3 Å². The summed E-state index contributed by atoms with van der Waals surface area (Å²) >= 11 is 0. The smallest absolute Gasteiger partial charge is 0.181 e. The van der Waals surface area contributed by atoms with Crippen molar-refractivity contribution in [2.75, 3.05) is 5.75 Å². The first-order chi connectivity index (χ1) is 12.3. The molecule has 3 rings (SSSR count). The number of benzene rings is 3. The van der Waals surface area contributed by atoms with Gasteiger partial charge in [-0.2, -0.15) is 0 Å². The van der Waals surface area contributed by atoms with Gasteiger partial charge in [-0.05, 0) is 47.9 Å². The monoisotopic (exact) mass is 370 g/mol. The highest BCUT2D eigenvalue weighted by Crippen LogP contribution is 2.28. The number of halogens is 1. The molecule has 0 radical (unpaired) electrons. The molecule has 0 saturated carbocycles. The zero-order valence-electron chi connectivity index (χ0n) is 14.3. The van der Waals surface area contributed by atoms with Crippen LogP contribution in [0.25, 0.3) is 11.1 Å². The fourth-order valence-corrected chi connectivity index (χ4v) is 4.46. The lowest BCUT2D eigenvalue weighted by Crippen LogP contribution is -2.31. The standard InChI is InChI=1S/C21H19FO3S/c1-21(23,15-26(24,25)20-13-11-19(22)12-14-20)18-9-7-17(8-10-18)16-5-3-2-4-6-16/h2-14,23H,15H2,1H3. The third kappa shape index (κ3) is 4.00. The molecule has 0 aliphatic rings. The molecule has 0 amide bonds. The molecule has 0 aliphatic carbocycles. The van der Waals surface area contributed by atoms with Gasteiger partial charge in [0.25, 0.3) is 0 Å². The van der Waals surface area contributed by atoms with Crippen molar-refractivity contribution in [3.63, 3.8) is 0 Å². The third-order valence-corrected chi connectivity index (χ3v) is 6.19. The van der Waals surface area contributed by atoms with Crippen LogP contribution in [-0.4, -0.2) is 19.3 Å². The molecule has 0 saturated heterocycles. The molecule has 5 heteroatoms. The Morgan fingerprint density at radius 1 is 0.846 bits per heavy atom. The lowest BCUT2D eigenvalue weighted by molar-refractivity contribution is 0.0819. The van der Waals surface area contributed by atoms with Crippen molar-refractivity contribution in [1.82, 2.24) is 0 Å². The van der Waals surface area contributed by atoms with Crippen molar-refractivity contribution >= 4 is 9.84 Å². The SMILES string of the molecule is CC(O)(CS(=O)(=O)c1ccc(F)cc1)c1ccc(-c2ccccc2)cc1. The summed E-state index contributed by atoms with van der Waals surface area (Å²) in [7, 11) is -3.76. The minimum Gasteiger partial charge on any atom is -0.384 e. The summed E-state index contributed by atoms with van der Waals surface area (Å²) in [6.45, 7) is 1.46. The Bertz CT molecular complexity index is 978. The maximum Gasteiger partial charge on any atom is 0.181 e. The molecule has 0 aromatic heterocycles. The maximum absolute atomic E-state index is 13.0. The molecule has 0 spiro atoms. The van der Waals surface area contributed by atoms with E-state index in [2.05, 4.69) is 0 Å². The van der Waals surface area contributed by atoms with E-state index in [4.69, 9.17) is 0 Å². The second kappa shape index (κ2) is 7.02. The van der Waals surface area contributed by atoms with Crippen LogP contribution in [0.2, 0.25) is 0 Å². The highest BCUT2D eigenvalue weighted by molar-refractivity contribution is 7.91. The van der Waals surface area contributed by atoms with Crippen LogP contribution in [0, 0.1) is 5.82 Å². The molecule has 134 valence electrons. The van der Waals surface area contributed by atoms with Crippen LogP contribution in [-0.2, 0) is 15.4 Å². The topological polar surface area (TPSA) is 54.4 Å². The Morgan fingerprint density at radius 2 is 1.38 bits per heavy atom. The van der Waals surface area contributed by atoms with Gasteiger partial charge in [0, 0.05) is 0 Å². The van der Waals surface area contributed by atoms with E-state index >= 15 is 0 Å². The van der Waals surface area contributed by atoms with Crippen molar-refractivity contribution < 1.29 is 17.9 Å². The molecule has 3 aromatic rings. The van der Waals surface area contributed by atoms with Gasteiger partial charge in [-0.25, -0.2) is 12.8 Å². The fourth-order valence-electron chi connectivity index (χ4n) is 2.83. The van der Waals surface area contributed by atoms with Crippen LogP contribution < -0.4 is 0 Å². The summed E-state index contributed by atoms with van der Waals surface area (Å²) in [5.74, 6) is -0.997. The summed E-state index contributed by atoms with van der Waals surface area (Å²) < 4.78 is 38.1. The molecule has 0 bridgehead atoms. The van der Waals surface area contributed by atoms with E-state index in [-0.39, 0.29) is 4.90 Å². The molecule has 1 atom stereocenters. The maximum atomic E-state index is 13.0. The van der Waals surface area contributed by atoms with Crippen molar-refractivity contribution in [3.8, 4) is 11.1 Å². The van der Waals surface area contributed by atoms with E-state index in [0.29, 0.717) is 5.56 Å². The van der Waals surface area contributed by atoms with Crippen molar-refractivity contribution in [2.24, 2.45) is 0 Å². The predicted molar refractivity (Wildman–Crippen MR) is 99.9 cm³/mol. The Hall–Kier alpha value is -2.50. The van der Waals surface area contributed by atoms with Crippen molar-refractivity contribution in [2.45, 2.75) is 17.4 Å². The van der Waals surface area contributed by atoms with Gasteiger partial charge < -0.3 is 5.11 Å². The minimum absolute atomic E-state index is 0.0138. The van der Waals surface area contributed by atoms with Gasteiger partial charge in [-0.3, -0.25) is 0 Å². The van der Waals surface area contributed by atoms with Crippen LogP contribution in [0.4, 0.5) is 4.39 Å². The number of aliphatic hydroxyl groups is 1. The van der Waals surface area contributed by atoms with Crippen molar-refractivity contribution in [1.29, 1.82) is 0 Å². The first-order valence-electron chi connectivity index (χ1n) is 8.15. The average Bonchev–Trinajstić information content (AvgIpc) is 2.62. The summed E-state index contributed by atoms with van der Waals surface area (Å²) in [4.78, 5) is -0.0138.